The van der Waals surface area contributed by atoms with Crippen LogP contribution >= 0.6 is 0 Å². The second-order valence-electron chi connectivity index (χ2n) is 10.4. The van der Waals surface area contributed by atoms with Gasteiger partial charge in [0.05, 0.1) is 0 Å². The smallest absolute Gasteiger partial charge is 0.361 e. The van der Waals surface area contributed by atoms with E-state index in [0.717, 1.165) is 37.3 Å². The van der Waals surface area contributed by atoms with Gasteiger partial charge in [-0.25, -0.2) is 9.07 Å². The fourth-order valence-electron chi connectivity index (χ4n) is 5.69. The van der Waals surface area contributed by atoms with Gasteiger partial charge in [-0.2, -0.15) is 18.3 Å². The SMILES string of the molecule is CN(C)C1(c2cccc(F)c2)CCC2(CC1)CN(c1cc(C(F)(F)F)nn1CC1CC1)C(O)N2. The van der Waals surface area contributed by atoms with E-state index in [9.17, 15) is 22.7 Å². The van der Waals surface area contributed by atoms with Gasteiger partial charge in [0.15, 0.2) is 12.0 Å². The minimum Gasteiger partial charge on any atom is -0.361 e. The van der Waals surface area contributed by atoms with Crippen LogP contribution in [0.4, 0.5) is 23.4 Å². The molecule has 2 saturated carbocycles. The highest BCUT2D eigenvalue weighted by Gasteiger charge is 2.51. The first-order valence-corrected chi connectivity index (χ1v) is 11.8. The van der Waals surface area contributed by atoms with Crippen molar-refractivity contribution in [3.63, 3.8) is 0 Å². The quantitative estimate of drug-likeness (QED) is 0.635. The maximum atomic E-state index is 14.0. The minimum atomic E-state index is -4.54. The summed E-state index contributed by atoms with van der Waals surface area (Å²) < 4.78 is 55.6. The highest BCUT2D eigenvalue weighted by molar-refractivity contribution is 5.45. The van der Waals surface area contributed by atoms with Crippen molar-refractivity contribution in [3.8, 4) is 0 Å². The number of benzene rings is 1. The van der Waals surface area contributed by atoms with Crippen molar-refractivity contribution in [2.24, 2.45) is 5.92 Å². The zero-order valence-corrected chi connectivity index (χ0v) is 19.4. The lowest BCUT2D eigenvalue weighted by molar-refractivity contribution is -0.141. The number of alkyl halides is 3. The molecule has 2 heterocycles. The molecule has 10 heteroatoms. The molecule has 2 N–H and O–H groups in total. The van der Waals surface area contributed by atoms with Crippen LogP contribution < -0.4 is 10.2 Å². The van der Waals surface area contributed by atoms with Crippen LogP contribution in [0.3, 0.4) is 0 Å². The number of rotatable bonds is 5. The van der Waals surface area contributed by atoms with Gasteiger partial charge in [-0.3, -0.25) is 10.2 Å². The average molecular weight is 482 g/mol. The number of aliphatic hydroxyl groups excluding tert-OH is 1. The van der Waals surface area contributed by atoms with Crippen LogP contribution in [0.5, 0.6) is 0 Å². The summed E-state index contributed by atoms with van der Waals surface area (Å²) in [5.41, 5.74) is -0.804. The Balaban J connectivity index is 1.39. The van der Waals surface area contributed by atoms with Crippen molar-refractivity contribution in [1.82, 2.24) is 20.0 Å². The molecule has 3 aliphatic rings. The number of hydrogen-bond donors (Lipinski definition) is 2. The first kappa shape index (κ1) is 23.6. The third-order valence-corrected chi connectivity index (χ3v) is 7.93. The lowest BCUT2D eigenvalue weighted by atomic mass is 9.69. The Morgan fingerprint density at radius 3 is 2.44 bits per heavy atom. The van der Waals surface area contributed by atoms with E-state index in [1.54, 1.807) is 17.0 Å². The van der Waals surface area contributed by atoms with Crippen molar-refractivity contribution in [1.29, 1.82) is 0 Å². The fourth-order valence-corrected chi connectivity index (χ4v) is 5.69. The van der Waals surface area contributed by atoms with Gasteiger partial charge in [-0.15, -0.1) is 0 Å². The van der Waals surface area contributed by atoms with Gasteiger partial charge < -0.3 is 10.0 Å². The molecule has 34 heavy (non-hydrogen) atoms. The topological polar surface area (TPSA) is 56.6 Å². The maximum absolute atomic E-state index is 14.0. The summed E-state index contributed by atoms with van der Waals surface area (Å²) in [6.07, 6.45) is -0.831. The molecule has 0 bridgehead atoms. The monoisotopic (exact) mass is 481 g/mol. The zero-order chi connectivity index (χ0) is 24.3. The third kappa shape index (κ3) is 4.20. The van der Waals surface area contributed by atoms with Gasteiger partial charge in [0.1, 0.15) is 11.6 Å². The normalized spacial score (nSPS) is 30.0. The molecular weight excluding hydrogens is 450 g/mol. The van der Waals surface area contributed by atoms with E-state index in [0.29, 0.717) is 37.7 Å². The Morgan fingerprint density at radius 2 is 1.85 bits per heavy atom. The summed E-state index contributed by atoms with van der Waals surface area (Å²) in [7, 11) is 3.97. The number of hydrogen-bond acceptors (Lipinski definition) is 5. The van der Waals surface area contributed by atoms with E-state index in [1.807, 2.05) is 20.2 Å². The van der Waals surface area contributed by atoms with Gasteiger partial charge >= 0.3 is 6.18 Å². The molecule has 186 valence electrons. The molecule has 1 unspecified atom stereocenters. The molecule has 1 saturated heterocycles. The molecule has 0 radical (unpaired) electrons. The molecule has 0 amide bonds. The van der Waals surface area contributed by atoms with Crippen LogP contribution in [-0.4, -0.2) is 52.3 Å². The molecule has 3 fully saturated rings. The summed E-state index contributed by atoms with van der Waals surface area (Å²) in [4.78, 5) is 3.73. The van der Waals surface area contributed by atoms with Gasteiger partial charge in [0, 0.05) is 30.2 Å². The first-order valence-electron chi connectivity index (χ1n) is 11.8. The van der Waals surface area contributed by atoms with Crippen LogP contribution in [0, 0.1) is 11.7 Å². The Kier molecular flexibility index (Phi) is 5.69. The predicted octanol–water partition coefficient (Wildman–Crippen LogP) is 3.91. The second-order valence-corrected chi connectivity index (χ2v) is 10.4. The number of aliphatic hydroxyl groups is 1. The molecule has 6 nitrogen and oxygen atoms in total. The molecule has 1 aromatic heterocycles. The van der Waals surface area contributed by atoms with E-state index < -0.39 is 23.8 Å². The molecular formula is C24H31F4N5O. The van der Waals surface area contributed by atoms with Crippen LogP contribution in [0.2, 0.25) is 0 Å². The van der Waals surface area contributed by atoms with E-state index in [2.05, 4.69) is 15.3 Å². The largest absolute Gasteiger partial charge is 0.435 e. The van der Waals surface area contributed by atoms with E-state index >= 15 is 0 Å². The Bertz CT molecular complexity index is 1040. The van der Waals surface area contributed by atoms with Gasteiger partial charge in [-0.05, 0) is 76.2 Å². The molecule has 1 spiro atoms. The molecule has 2 aliphatic carbocycles. The van der Waals surface area contributed by atoms with Crippen LogP contribution in [-0.2, 0) is 18.3 Å². The highest BCUT2D eigenvalue weighted by atomic mass is 19.4. The lowest BCUT2D eigenvalue weighted by Gasteiger charge is -2.49. The standard InChI is InChI=1S/C24H31F4N5O/c1-31(2)23(17-4-3-5-18(25)12-17)10-8-22(9-11-23)15-32(21(34)29-22)20-13-19(24(26,27)28)30-33(20)14-16-6-7-16/h3-5,12-13,16,21,29,34H,6-11,14-15H2,1-2H3. The number of aromatic nitrogens is 2. The molecule has 1 atom stereocenters. The maximum Gasteiger partial charge on any atom is 0.435 e. The highest BCUT2D eigenvalue weighted by Crippen LogP contribution is 2.47. The summed E-state index contributed by atoms with van der Waals surface area (Å²) in [6, 6.07) is 7.73. The van der Waals surface area contributed by atoms with E-state index in [4.69, 9.17) is 0 Å². The second kappa shape index (κ2) is 8.20. The van der Waals surface area contributed by atoms with Crippen molar-refractivity contribution in [2.75, 3.05) is 25.5 Å². The Labute approximate surface area is 196 Å². The average Bonchev–Trinajstić information content (AvgIpc) is 3.38. The molecule has 5 rings (SSSR count). The molecule has 1 aliphatic heterocycles. The Morgan fingerprint density at radius 1 is 1.15 bits per heavy atom. The van der Waals surface area contributed by atoms with Crippen LogP contribution in [0.1, 0.15) is 49.8 Å². The van der Waals surface area contributed by atoms with Crippen molar-refractivity contribution in [2.45, 2.75) is 68.7 Å². The van der Waals surface area contributed by atoms with Crippen LogP contribution in [0.25, 0.3) is 0 Å². The predicted molar refractivity (Wildman–Crippen MR) is 119 cm³/mol. The molecule has 1 aromatic carbocycles. The zero-order valence-electron chi connectivity index (χ0n) is 19.4. The Hall–Kier alpha value is -2.17. The van der Waals surface area contributed by atoms with Crippen LogP contribution in [0.15, 0.2) is 30.3 Å². The first-order chi connectivity index (χ1) is 16.0. The summed E-state index contributed by atoms with van der Waals surface area (Å²) in [5.74, 6) is 0.359. The number of nitrogens with zero attached hydrogens (tertiary/aromatic N) is 4. The van der Waals surface area contributed by atoms with Gasteiger partial charge in [-0.1, -0.05) is 12.1 Å². The fraction of sp³-hybridized carbons (Fsp3) is 0.625. The number of halogens is 4. The summed E-state index contributed by atoms with van der Waals surface area (Å²) in [5, 5.41) is 18.0. The number of nitrogens with one attached hydrogen (secondary N) is 1. The van der Waals surface area contributed by atoms with Gasteiger partial charge in [0.25, 0.3) is 0 Å². The third-order valence-electron chi connectivity index (χ3n) is 7.93. The van der Waals surface area contributed by atoms with E-state index in [-0.39, 0.29) is 11.4 Å². The van der Waals surface area contributed by atoms with Gasteiger partial charge in [0.2, 0.25) is 0 Å². The molecule has 2 aromatic rings. The van der Waals surface area contributed by atoms with Crippen molar-refractivity contribution in [3.05, 3.63) is 47.4 Å². The summed E-state index contributed by atoms with van der Waals surface area (Å²) >= 11 is 0. The number of anilines is 1. The summed E-state index contributed by atoms with van der Waals surface area (Å²) in [6.45, 7) is 0.805. The minimum absolute atomic E-state index is 0.274. The lowest BCUT2D eigenvalue weighted by Crippen LogP contribution is -2.54. The van der Waals surface area contributed by atoms with Crippen molar-refractivity contribution >= 4 is 5.82 Å². The van der Waals surface area contributed by atoms with E-state index in [1.165, 1.54) is 10.7 Å². The van der Waals surface area contributed by atoms with Crippen molar-refractivity contribution < 1.29 is 22.7 Å².